The van der Waals surface area contributed by atoms with E-state index in [1.54, 1.807) is 14.0 Å². The number of methoxy groups -OCH3 is 1. The molecule has 0 aliphatic carbocycles. The maximum absolute atomic E-state index is 10.3. The molecule has 21 heavy (non-hydrogen) atoms. The Hall–Kier alpha value is -1.40. The van der Waals surface area contributed by atoms with Crippen LogP contribution in [0.2, 0.25) is 0 Å². The zero-order valence-electron chi connectivity index (χ0n) is 13.7. The first-order chi connectivity index (χ1) is 9.88. The third-order valence-corrected chi connectivity index (χ3v) is 3.11. The molecule has 0 saturated heterocycles. The van der Waals surface area contributed by atoms with Gasteiger partial charge in [0.1, 0.15) is 17.5 Å². The van der Waals surface area contributed by atoms with Gasteiger partial charge in [-0.2, -0.15) is 0 Å². The SMILES string of the molecule is CCNc1cc(NCC(C)(O)CCOC)nc(C(C)C)n1. The summed E-state index contributed by atoms with van der Waals surface area (Å²) in [5.74, 6) is 2.56. The Bertz CT molecular complexity index is 436. The number of hydrogen-bond acceptors (Lipinski definition) is 6. The summed E-state index contributed by atoms with van der Waals surface area (Å²) in [4.78, 5) is 8.97. The van der Waals surface area contributed by atoms with Crippen molar-refractivity contribution in [3.05, 3.63) is 11.9 Å². The minimum Gasteiger partial charge on any atom is -0.388 e. The molecular weight excluding hydrogens is 268 g/mol. The second kappa shape index (κ2) is 8.14. The molecule has 120 valence electrons. The average molecular weight is 296 g/mol. The van der Waals surface area contributed by atoms with Gasteiger partial charge in [-0.25, -0.2) is 9.97 Å². The van der Waals surface area contributed by atoms with Gasteiger partial charge in [0.25, 0.3) is 0 Å². The first-order valence-electron chi connectivity index (χ1n) is 7.46. The zero-order chi connectivity index (χ0) is 15.9. The Morgan fingerprint density at radius 2 is 1.90 bits per heavy atom. The molecule has 1 heterocycles. The van der Waals surface area contributed by atoms with Crippen molar-refractivity contribution in [2.75, 3.05) is 37.4 Å². The van der Waals surface area contributed by atoms with E-state index < -0.39 is 5.60 Å². The molecule has 1 atom stereocenters. The van der Waals surface area contributed by atoms with E-state index in [4.69, 9.17) is 4.74 Å². The monoisotopic (exact) mass is 296 g/mol. The van der Waals surface area contributed by atoms with Gasteiger partial charge in [-0.05, 0) is 13.8 Å². The third-order valence-electron chi connectivity index (χ3n) is 3.11. The summed E-state index contributed by atoms with van der Waals surface area (Å²) in [5, 5.41) is 16.6. The summed E-state index contributed by atoms with van der Waals surface area (Å²) in [6.45, 7) is 9.68. The first kappa shape index (κ1) is 17.7. The third kappa shape index (κ3) is 6.27. The fourth-order valence-electron chi connectivity index (χ4n) is 1.78. The highest BCUT2D eigenvalue weighted by Crippen LogP contribution is 2.18. The first-order valence-corrected chi connectivity index (χ1v) is 7.46. The van der Waals surface area contributed by atoms with Crippen molar-refractivity contribution in [3.8, 4) is 0 Å². The van der Waals surface area contributed by atoms with Crippen LogP contribution in [0.1, 0.15) is 45.9 Å². The smallest absolute Gasteiger partial charge is 0.135 e. The summed E-state index contributed by atoms with van der Waals surface area (Å²) in [7, 11) is 1.63. The molecule has 0 radical (unpaired) electrons. The Labute approximate surface area is 127 Å². The van der Waals surface area contributed by atoms with E-state index in [1.807, 2.05) is 13.0 Å². The van der Waals surface area contributed by atoms with Crippen molar-refractivity contribution in [2.24, 2.45) is 0 Å². The van der Waals surface area contributed by atoms with Crippen LogP contribution < -0.4 is 10.6 Å². The topological polar surface area (TPSA) is 79.3 Å². The van der Waals surface area contributed by atoms with E-state index in [2.05, 4.69) is 34.4 Å². The molecule has 0 aliphatic rings. The molecule has 0 aliphatic heterocycles. The molecule has 0 amide bonds. The molecule has 0 saturated carbocycles. The molecule has 1 aromatic rings. The van der Waals surface area contributed by atoms with E-state index >= 15 is 0 Å². The van der Waals surface area contributed by atoms with E-state index in [1.165, 1.54) is 0 Å². The fraction of sp³-hybridized carbons (Fsp3) is 0.733. The van der Waals surface area contributed by atoms with Crippen LogP contribution in [0.5, 0.6) is 0 Å². The van der Waals surface area contributed by atoms with Crippen LogP contribution in [0.25, 0.3) is 0 Å². The molecule has 0 bridgehead atoms. The number of anilines is 2. The lowest BCUT2D eigenvalue weighted by atomic mass is 10.0. The minimum absolute atomic E-state index is 0.248. The van der Waals surface area contributed by atoms with Crippen molar-refractivity contribution >= 4 is 11.6 Å². The number of nitrogens with one attached hydrogen (secondary N) is 2. The van der Waals surface area contributed by atoms with Crippen LogP contribution in [0, 0.1) is 0 Å². The Kier molecular flexibility index (Phi) is 6.84. The van der Waals surface area contributed by atoms with Crippen molar-refractivity contribution in [3.63, 3.8) is 0 Å². The van der Waals surface area contributed by atoms with Gasteiger partial charge in [-0.15, -0.1) is 0 Å². The summed E-state index contributed by atoms with van der Waals surface area (Å²) in [5.41, 5.74) is -0.836. The number of hydrogen-bond donors (Lipinski definition) is 3. The van der Waals surface area contributed by atoms with Crippen LogP contribution in [-0.2, 0) is 4.74 Å². The lowest BCUT2D eigenvalue weighted by Gasteiger charge is -2.24. The zero-order valence-corrected chi connectivity index (χ0v) is 13.7. The van der Waals surface area contributed by atoms with Crippen LogP contribution >= 0.6 is 0 Å². The van der Waals surface area contributed by atoms with Gasteiger partial charge in [-0.3, -0.25) is 0 Å². The number of aromatic nitrogens is 2. The molecule has 0 spiro atoms. The second-order valence-corrected chi connectivity index (χ2v) is 5.77. The minimum atomic E-state index is -0.836. The van der Waals surface area contributed by atoms with Crippen molar-refractivity contribution in [1.29, 1.82) is 0 Å². The maximum atomic E-state index is 10.3. The van der Waals surface area contributed by atoms with Gasteiger partial charge in [0.05, 0.1) is 5.60 Å². The Balaban J connectivity index is 2.77. The van der Waals surface area contributed by atoms with Gasteiger partial charge in [0, 0.05) is 45.2 Å². The van der Waals surface area contributed by atoms with Gasteiger partial charge in [0.2, 0.25) is 0 Å². The molecule has 3 N–H and O–H groups in total. The molecule has 0 fully saturated rings. The van der Waals surface area contributed by atoms with Gasteiger partial charge in [-0.1, -0.05) is 13.8 Å². The van der Waals surface area contributed by atoms with Gasteiger partial charge in [0.15, 0.2) is 0 Å². The molecule has 6 heteroatoms. The van der Waals surface area contributed by atoms with E-state index in [0.29, 0.717) is 19.6 Å². The highest BCUT2D eigenvalue weighted by molar-refractivity contribution is 5.48. The summed E-state index contributed by atoms with van der Waals surface area (Å²) in [6.07, 6.45) is 0.568. The number of aliphatic hydroxyl groups is 1. The van der Waals surface area contributed by atoms with Gasteiger partial charge >= 0.3 is 0 Å². The van der Waals surface area contributed by atoms with Crippen molar-refractivity contribution in [1.82, 2.24) is 9.97 Å². The Morgan fingerprint density at radius 1 is 1.29 bits per heavy atom. The number of ether oxygens (including phenoxy) is 1. The van der Waals surface area contributed by atoms with Crippen LogP contribution in [-0.4, -0.2) is 47.5 Å². The number of nitrogens with zero attached hydrogens (tertiary/aromatic N) is 2. The van der Waals surface area contributed by atoms with Gasteiger partial charge < -0.3 is 20.5 Å². The predicted octanol–water partition coefficient (Wildman–Crippen LogP) is 2.23. The van der Waals surface area contributed by atoms with E-state index in [0.717, 1.165) is 24.0 Å². The Morgan fingerprint density at radius 3 is 2.43 bits per heavy atom. The van der Waals surface area contributed by atoms with E-state index in [-0.39, 0.29) is 5.92 Å². The molecule has 0 aromatic carbocycles. The fourth-order valence-corrected chi connectivity index (χ4v) is 1.78. The molecule has 1 aromatic heterocycles. The highest BCUT2D eigenvalue weighted by Gasteiger charge is 2.20. The largest absolute Gasteiger partial charge is 0.388 e. The summed E-state index contributed by atoms with van der Waals surface area (Å²) < 4.78 is 5.01. The number of rotatable bonds is 9. The van der Waals surface area contributed by atoms with Crippen LogP contribution in [0.3, 0.4) is 0 Å². The molecular formula is C15H28N4O2. The van der Waals surface area contributed by atoms with Crippen LogP contribution in [0.15, 0.2) is 6.07 Å². The lowest BCUT2D eigenvalue weighted by molar-refractivity contribution is 0.0357. The average Bonchev–Trinajstić information content (AvgIpc) is 2.43. The highest BCUT2D eigenvalue weighted by atomic mass is 16.5. The standard InChI is InChI=1S/C15H28N4O2/c1-6-16-12-9-13(19-14(18-12)11(2)3)17-10-15(4,20)7-8-21-5/h9,11,20H,6-8,10H2,1-5H3,(H2,16,17,18,19). The predicted molar refractivity (Wildman–Crippen MR) is 85.9 cm³/mol. The van der Waals surface area contributed by atoms with Crippen molar-refractivity contribution < 1.29 is 9.84 Å². The molecule has 1 unspecified atom stereocenters. The maximum Gasteiger partial charge on any atom is 0.135 e. The van der Waals surface area contributed by atoms with Crippen molar-refractivity contribution in [2.45, 2.75) is 45.6 Å². The second-order valence-electron chi connectivity index (χ2n) is 5.77. The normalized spacial score (nSPS) is 14.0. The summed E-state index contributed by atoms with van der Waals surface area (Å²) in [6, 6.07) is 1.86. The lowest BCUT2D eigenvalue weighted by Crippen LogP contribution is -2.35. The molecule has 6 nitrogen and oxygen atoms in total. The van der Waals surface area contributed by atoms with Crippen LogP contribution in [0.4, 0.5) is 11.6 Å². The summed E-state index contributed by atoms with van der Waals surface area (Å²) >= 11 is 0. The molecule has 1 rings (SSSR count). The van der Waals surface area contributed by atoms with E-state index in [9.17, 15) is 5.11 Å². The quantitative estimate of drug-likeness (QED) is 0.648.